The van der Waals surface area contributed by atoms with E-state index in [0.29, 0.717) is 18.1 Å². The predicted octanol–water partition coefficient (Wildman–Crippen LogP) is 4.00. The first kappa shape index (κ1) is 18.4. The number of nitrogens with one attached hydrogen (secondary N) is 1. The van der Waals surface area contributed by atoms with Gasteiger partial charge in [0.05, 0.1) is 6.61 Å². The van der Waals surface area contributed by atoms with Gasteiger partial charge in [-0.05, 0) is 43.3 Å². The van der Waals surface area contributed by atoms with Crippen LogP contribution < -0.4 is 19.5 Å². The molecule has 0 aliphatic rings. The molecule has 0 saturated carbocycles. The summed E-state index contributed by atoms with van der Waals surface area (Å²) in [7, 11) is 0. The van der Waals surface area contributed by atoms with E-state index in [9.17, 15) is 18.0 Å². The van der Waals surface area contributed by atoms with Gasteiger partial charge in [0, 0.05) is 11.8 Å². The zero-order valence-corrected chi connectivity index (χ0v) is 13.3. The summed E-state index contributed by atoms with van der Waals surface area (Å²) in [6.45, 7) is 2.11. The van der Waals surface area contributed by atoms with Crippen molar-refractivity contribution in [3.63, 3.8) is 0 Å². The highest BCUT2D eigenvalue weighted by atomic mass is 19.4. The number of benzene rings is 2. The Morgan fingerprint density at radius 1 is 1.00 bits per heavy atom. The molecule has 0 saturated heterocycles. The van der Waals surface area contributed by atoms with Crippen LogP contribution in [0.15, 0.2) is 48.5 Å². The molecule has 0 atom stereocenters. The van der Waals surface area contributed by atoms with Crippen LogP contribution in [0.2, 0.25) is 0 Å². The predicted molar refractivity (Wildman–Crippen MR) is 84.9 cm³/mol. The monoisotopic (exact) mass is 355 g/mol. The molecule has 134 valence electrons. The molecule has 0 radical (unpaired) electrons. The van der Waals surface area contributed by atoms with Crippen LogP contribution in [0.25, 0.3) is 0 Å². The van der Waals surface area contributed by atoms with Crippen molar-refractivity contribution >= 4 is 11.6 Å². The van der Waals surface area contributed by atoms with Crippen LogP contribution in [0.1, 0.15) is 6.92 Å². The van der Waals surface area contributed by atoms with E-state index in [4.69, 9.17) is 9.47 Å². The van der Waals surface area contributed by atoms with Gasteiger partial charge in [-0.3, -0.25) is 4.79 Å². The number of rotatable bonds is 7. The van der Waals surface area contributed by atoms with Gasteiger partial charge in [0.15, 0.2) is 6.61 Å². The third-order valence-electron chi connectivity index (χ3n) is 2.86. The molecule has 25 heavy (non-hydrogen) atoms. The summed E-state index contributed by atoms with van der Waals surface area (Å²) in [6, 6.07) is 11.7. The summed E-state index contributed by atoms with van der Waals surface area (Å²) in [5, 5.41) is 2.43. The number of ether oxygens (including phenoxy) is 3. The lowest BCUT2D eigenvalue weighted by molar-refractivity contribution is -0.274. The fourth-order valence-corrected chi connectivity index (χ4v) is 1.92. The number of alkyl halides is 3. The molecule has 0 bridgehead atoms. The zero-order chi connectivity index (χ0) is 18.3. The Kier molecular flexibility index (Phi) is 6.10. The molecule has 8 heteroatoms. The Morgan fingerprint density at radius 2 is 1.64 bits per heavy atom. The van der Waals surface area contributed by atoms with Gasteiger partial charge in [-0.1, -0.05) is 6.07 Å². The van der Waals surface area contributed by atoms with Gasteiger partial charge >= 0.3 is 6.36 Å². The van der Waals surface area contributed by atoms with E-state index in [-0.39, 0.29) is 12.3 Å². The molecule has 2 aromatic carbocycles. The van der Waals surface area contributed by atoms with Gasteiger partial charge in [-0.15, -0.1) is 13.2 Å². The van der Waals surface area contributed by atoms with Crippen molar-refractivity contribution in [2.45, 2.75) is 13.3 Å². The Morgan fingerprint density at radius 3 is 2.24 bits per heavy atom. The number of carbonyl (C=O) groups excluding carboxylic acids is 1. The third kappa shape index (κ3) is 6.62. The highest BCUT2D eigenvalue weighted by molar-refractivity contribution is 5.92. The van der Waals surface area contributed by atoms with Crippen LogP contribution in [0.5, 0.6) is 17.2 Å². The summed E-state index contributed by atoms with van der Waals surface area (Å²) in [4.78, 5) is 11.8. The lowest BCUT2D eigenvalue weighted by atomic mass is 10.3. The van der Waals surface area contributed by atoms with Crippen LogP contribution in [-0.2, 0) is 4.79 Å². The summed E-state index contributed by atoms with van der Waals surface area (Å²) in [6.07, 6.45) is -4.79. The third-order valence-corrected chi connectivity index (χ3v) is 2.86. The van der Waals surface area contributed by atoms with Crippen molar-refractivity contribution in [2.24, 2.45) is 0 Å². The number of halogens is 3. The smallest absolute Gasteiger partial charge is 0.494 e. The minimum Gasteiger partial charge on any atom is -0.494 e. The van der Waals surface area contributed by atoms with Crippen LogP contribution >= 0.6 is 0 Å². The molecule has 0 aliphatic carbocycles. The van der Waals surface area contributed by atoms with E-state index in [0.717, 1.165) is 12.1 Å². The molecule has 1 N–H and O–H groups in total. The van der Waals surface area contributed by atoms with Crippen molar-refractivity contribution in [3.8, 4) is 17.2 Å². The molecule has 0 aliphatic heterocycles. The second kappa shape index (κ2) is 8.27. The van der Waals surface area contributed by atoms with Crippen LogP contribution in [0.4, 0.5) is 18.9 Å². The topological polar surface area (TPSA) is 56.8 Å². The van der Waals surface area contributed by atoms with Gasteiger partial charge < -0.3 is 19.5 Å². The van der Waals surface area contributed by atoms with Gasteiger partial charge in [0.25, 0.3) is 5.91 Å². The Hall–Kier alpha value is -2.90. The first-order valence-corrected chi connectivity index (χ1v) is 7.37. The molecule has 0 unspecified atom stereocenters. The number of hydrogen-bond acceptors (Lipinski definition) is 4. The average Bonchev–Trinajstić information content (AvgIpc) is 2.53. The zero-order valence-electron chi connectivity index (χ0n) is 13.3. The Bertz CT molecular complexity index is 702. The standard InChI is InChI=1S/C17H16F3NO4/c1-2-23-13-6-8-14(9-7-13)24-11-16(22)21-12-4-3-5-15(10-12)25-17(18,19)20/h3-10H,2,11H2,1H3,(H,21,22). The minimum atomic E-state index is -4.79. The molecule has 1 amide bonds. The molecule has 0 aromatic heterocycles. The van der Waals surface area contributed by atoms with Crippen molar-refractivity contribution < 1.29 is 32.2 Å². The fourth-order valence-electron chi connectivity index (χ4n) is 1.92. The SMILES string of the molecule is CCOc1ccc(OCC(=O)Nc2cccc(OC(F)(F)F)c2)cc1. The lowest BCUT2D eigenvalue weighted by Crippen LogP contribution is -2.20. The maximum absolute atomic E-state index is 12.2. The minimum absolute atomic E-state index is 0.169. The van der Waals surface area contributed by atoms with Crippen molar-refractivity contribution in [3.05, 3.63) is 48.5 Å². The summed E-state index contributed by atoms with van der Waals surface area (Å²) < 4.78 is 50.9. The van der Waals surface area contributed by atoms with Crippen molar-refractivity contribution in [1.29, 1.82) is 0 Å². The van der Waals surface area contributed by atoms with Crippen LogP contribution in [0.3, 0.4) is 0 Å². The number of amides is 1. The van der Waals surface area contributed by atoms with Gasteiger partial charge in [-0.2, -0.15) is 0 Å². The first-order chi connectivity index (χ1) is 11.9. The van der Waals surface area contributed by atoms with Gasteiger partial charge in [0.1, 0.15) is 17.2 Å². The first-order valence-electron chi connectivity index (χ1n) is 7.37. The average molecular weight is 355 g/mol. The summed E-state index contributed by atoms with van der Waals surface area (Å²) in [5.74, 6) is 0.212. The molecule has 2 rings (SSSR count). The second-order valence-electron chi connectivity index (χ2n) is 4.82. The van der Waals surface area contributed by atoms with Crippen molar-refractivity contribution in [2.75, 3.05) is 18.5 Å². The molecular weight excluding hydrogens is 339 g/mol. The van der Waals surface area contributed by atoms with Crippen molar-refractivity contribution in [1.82, 2.24) is 0 Å². The molecule has 0 fully saturated rings. The fraction of sp³-hybridized carbons (Fsp3) is 0.235. The van der Waals surface area contributed by atoms with E-state index < -0.39 is 18.0 Å². The molecule has 0 heterocycles. The van der Waals surface area contributed by atoms with Gasteiger partial charge in [-0.25, -0.2) is 0 Å². The van der Waals surface area contributed by atoms with E-state index in [1.165, 1.54) is 12.1 Å². The quantitative estimate of drug-likeness (QED) is 0.816. The van der Waals surface area contributed by atoms with Crippen LogP contribution in [0, 0.1) is 0 Å². The Balaban J connectivity index is 1.86. The largest absolute Gasteiger partial charge is 0.573 e. The number of anilines is 1. The number of carbonyl (C=O) groups is 1. The maximum Gasteiger partial charge on any atom is 0.573 e. The van der Waals surface area contributed by atoms with E-state index in [2.05, 4.69) is 10.1 Å². The number of hydrogen-bond donors (Lipinski definition) is 1. The molecule has 0 spiro atoms. The molecule has 2 aromatic rings. The van der Waals surface area contributed by atoms with E-state index in [1.54, 1.807) is 24.3 Å². The second-order valence-corrected chi connectivity index (χ2v) is 4.82. The maximum atomic E-state index is 12.2. The lowest BCUT2D eigenvalue weighted by Gasteiger charge is -2.11. The highest BCUT2D eigenvalue weighted by Gasteiger charge is 2.31. The van der Waals surface area contributed by atoms with Gasteiger partial charge in [0.2, 0.25) is 0 Å². The highest BCUT2D eigenvalue weighted by Crippen LogP contribution is 2.25. The van der Waals surface area contributed by atoms with E-state index >= 15 is 0 Å². The Labute approximate surface area is 142 Å². The molecule has 5 nitrogen and oxygen atoms in total. The van der Waals surface area contributed by atoms with Crippen LogP contribution in [-0.4, -0.2) is 25.5 Å². The molecular formula is C17H16F3NO4. The normalized spacial score (nSPS) is 10.9. The summed E-state index contributed by atoms with van der Waals surface area (Å²) in [5.41, 5.74) is 0.169. The van der Waals surface area contributed by atoms with E-state index in [1.807, 2.05) is 6.92 Å². The summed E-state index contributed by atoms with van der Waals surface area (Å²) >= 11 is 0.